The summed E-state index contributed by atoms with van der Waals surface area (Å²) in [5.74, 6) is 2.80. The Balaban J connectivity index is 0.799. The summed E-state index contributed by atoms with van der Waals surface area (Å²) in [5.41, 5.74) is 0.211. The van der Waals surface area contributed by atoms with Crippen molar-refractivity contribution >= 4 is 0 Å². The van der Waals surface area contributed by atoms with Crippen molar-refractivity contribution in [3.63, 3.8) is 0 Å². The molecule has 0 aromatic rings. The van der Waals surface area contributed by atoms with Gasteiger partial charge >= 0.3 is 0 Å². The molecule has 83 heavy (non-hydrogen) atoms. The van der Waals surface area contributed by atoms with Crippen LogP contribution in [-0.2, 0) is 56.8 Å². The maximum atomic E-state index is 12.0. The van der Waals surface area contributed by atoms with Crippen LogP contribution >= 0.6 is 0 Å². The van der Waals surface area contributed by atoms with E-state index in [0.717, 1.165) is 58.0 Å². The molecule has 27 heteroatoms. The van der Waals surface area contributed by atoms with Crippen LogP contribution in [0.25, 0.3) is 0 Å². The lowest BCUT2D eigenvalue weighted by molar-refractivity contribution is -0.414. The largest absolute Gasteiger partial charge is 0.394 e. The molecule has 4 aliphatic carbocycles. The van der Waals surface area contributed by atoms with Crippen LogP contribution in [0.5, 0.6) is 0 Å². The molecular weight excluding hydrogens is 1100 g/mol. The Labute approximate surface area is 481 Å². The molecule has 0 aromatic carbocycles. The zero-order valence-electron chi connectivity index (χ0n) is 47.5. The first-order valence-corrected chi connectivity index (χ1v) is 30.3. The normalized spacial score (nSPS) is 57.4. The van der Waals surface area contributed by atoms with E-state index in [1.165, 1.54) is 0 Å². The van der Waals surface area contributed by atoms with Crippen molar-refractivity contribution in [1.29, 1.82) is 0 Å². The molecule has 4 unspecified atom stereocenters. The number of ether oxygens (including phenoxy) is 12. The fraction of sp³-hybridized carbons (Fsp3) is 1.00. The van der Waals surface area contributed by atoms with Gasteiger partial charge in [-0.2, -0.15) is 0 Å². The minimum absolute atomic E-state index is 0.0436. The summed E-state index contributed by atoms with van der Waals surface area (Å²) in [6.45, 7) is 6.09. The first-order valence-electron chi connectivity index (χ1n) is 30.3. The predicted octanol–water partition coefficient (Wildman–Crippen LogP) is -4.45. The number of fused-ring (bicyclic) bond motifs is 7. The Hall–Kier alpha value is -1.08. The van der Waals surface area contributed by atoms with E-state index in [4.69, 9.17) is 56.8 Å². The third-order valence-electron chi connectivity index (χ3n) is 22.1. The molecule has 11 aliphatic rings. The third-order valence-corrected chi connectivity index (χ3v) is 22.1. The molecule has 27 nitrogen and oxygen atoms in total. The van der Waals surface area contributed by atoms with E-state index in [1.807, 2.05) is 0 Å². The van der Waals surface area contributed by atoms with Crippen LogP contribution in [0.15, 0.2) is 0 Å². The monoisotopic (exact) mass is 1200 g/mol. The molecule has 0 bridgehead atoms. The molecular formula is C56H92O27. The molecule has 4 saturated carbocycles. The fourth-order valence-electron chi connectivity index (χ4n) is 17.3. The zero-order valence-corrected chi connectivity index (χ0v) is 47.5. The lowest BCUT2D eigenvalue weighted by Crippen LogP contribution is -2.69. The second kappa shape index (κ2) is 25.0. The molecule has 11 fully saturated rings. The smallest absolute Gasteiger partial charge is 0.187 e. The highest BCUT2D eigenvalue weighted by atomic mass is 16.8. The Bertz CT molecular complexity index is 2140. The van der Waals surface area contributed by atoms with Gasteiger partial charge in [0.25, 0.3) is 0 Å². The molecule has 7 aliphatic heterocycles. The van der Waals surface area contributed by atoms with Crippen LogP contribution in [-0.4, -0.2) is 282 Å². The van der Waals surface area contributed by atoms with Gasteiger partial charge in [0.05, 0.1) is 51.8 Å². The molecule has 7 saturated heterocycles. The molecule has 36 atom stereocenters. The standard InChI is InChI=1S/C56H92O27/c1-21-7-12-56(73-19-21)22(2)34-29(83-56)14-27-25-6-5-23-13-24(8-10-54(23,3)26(25)9-11-55(27,34)4)74-50-44(71)41(68)45(33(18-60)78-50)79-53-48(46(38(65)32(17-59)77-53)80-51-43(70)39(66)36(63)30(15-57)75-51)82-52-47(40(67)37(64)31(16-58)76-52)81-49-42(69)35(62)28(61)20-72-49/h21-53,57-71H,5-20H2,1-4H3/t21-,22+,23-,24+,25?,26?,27?,28-,29+,30-,31-,32-,33-,34?,35+,36-,37+,38-,39+,40+,41-,42-,43-,44-,45+,46+,47-,48-,49+,50-,51+,52+,53+,54+,55+,56-/m1/s1. The highest BCUT2D eigenvalue weighted by Gasteiger charge is 2.70. The number of hydrogen-bond acceptors (Lipinski definition) is 27. The summed E-state index contributed by atoms with van der Waals surface area (Å²) < 4.78 is 73.9. The van der Waals surface area contributed by atoms with Gasteiger partial charge in [0.2, 0.25) is 0 Å². The summed E-state index contributed by atoms with van der Waals surface area (Å²) in [7, 11) is 0. The van der Waals surface area contributed by atoms with Gasteiger partial charge in [0, 0.05) is 12.3 Å². The fourth-order valence-corrected chi connectivity index (χ4v) is 17.3. The van der Waals surface area contributed by atoms with Crippen LogP contribution in [0.3, 0.4) is 0 Å². The lowest BCUT2D eigenvalue weighted by Gasteiger charge is -2.61. The van der Waals surface area contributed by atoms with E-state index in [9.17, 15) is 76.6 Å². The SMILES string of the molecule is C[C@@H]1CC[C@@]2(OC1)O[C@H]1CC3C4CC[C@@H]5C[C@@H](O[C@@H]6O[C@H](CO)[C@H](O[C@@H]7O[C@H](CO)[C@@H](O)[C@H](O[C@@H]8O[C@H](CO)[C@@H](O)[C@H](O)[C@H]8O)[C@H]7O[C@@H]7O[C@H](CO)[C@H](O)[C@H](O)[C@H]7O[C@@H]7OC[C@@H](O)[C@H](O)[C@H]7O)[C@H](O)[C@H]6O)CC[C@]5(C)C4CC[C@]3(C)C1[C@@H]2C. The first-order chi connectivity index (χ1) is 39.5. The van der Waals surface area contributed by atoms with E-state index in [0.29, 0.717) is 54.3 Å². The average molecular weight is 1200 g/mol. The zero-order chi connectivity index (χ0) is 59.4. The van der Waals surface area contributed by atoms with Crippen molar-refractivity contribution in [3.05, 3.63) is 0 Å². The van der Waals surface area contributed by atoms with Gasteiger partial charge in [-0.05, 0) is 104 Å². The second-order valence-electron chi connectivity index (χ2n) is 26.7. The van der Waals surface area contributed by atoms with Crippen LogP contribution < -0.4 is 0 Å². The summed E-state index contributed by atoms with van der Waals surface area (Å²) >= 11 is 0. The first kappa shape index (κ1) is 63.5. The minimum atomic E-state index is -2.09. The topological polar surface area (TPSA) is 414 Å². The van der Waals surface area contributed by atoms with Gasteiger partial charge in [-0.25, -0.2) is 0 Å². The molecule has 478 valence electrons. The van der Waals surface area contributed by atoms with E-state index >= 15 is 0 Å². The Morgan fingerprint density at radius 2 is 1.00 bits per heavy atom. The Kier molecular flexibility index (Phi) is 19.1. The summed E-state index contributed by atoms with van der Waals surface area (Å²) in [6.07, 6.45) is -35.0. The van der Waals surface area contributed by atoms with Crippen molar-refractivity contribution in [2.75, 3.05) is 39.6 Å². The molecule has 1 spiro atoms. The molecule has 0 radical (unpaired) electrons. The van der Waals surface area contributed by atoms with Gasteiger partial charge in [0.15, 0.2) is 37.2 Å². The van der Waals surface area contributed by atoms with Gasteiger partial charge < -0.3 is 133 Å². The lowest BCUT2D eigenvalue weighted by atomic mass is 9.44. The Morgan fingerprint density at radius 3 is 1.67 bits per heavy atom. The minimum Gasteiger partial charge on any atom is -0.394 e. The van der Waals surface area contributed by atoms with E-state index in [-0.39, 0.29) is 23.0 Å². The number of hydrogen-bond donors (Lipinski definition) is 15. The van der Waals surface area contributed by atoms with Gasteiger partial charge in [-0.15, -0.1) is 0 Å². The quantitative estimate of drug-likeness (QED) is 0.0730. The molecule has 0 amide bonds. The van der Waals surface area contributed by atoms with Crippen LogP contribution in [0.1, 0.15) is 91.9 Å². The van der Waals surface area contributed by atoms with Gasteiger partial charge in [-0.1, -0.05) is 27.7 Å². The molecule has 0 aromatic heterocycles. The number of aliphatic hydroxyl groups is 15. The summed E-state index contributed by atoms with van der Waals surface area (Å²) in [6, 6.07) is 0. The second-order valence-corrected chi connectivity index (χ2v) is 26.7. The maximum Gasteiger partial charge on any atom is 0.187 e. The average Bonchev–Trinajstić information content (AvgIpc) is 1.80. The van der Waals surface area contributed by atoms with Crippen molar-refractivity contribution in [2.45, 2.75) is 257 Å². The van der Waals surface area contributed by atoms with Crippen LogP contribution in [0.4, 0.5) is 0 Å². The highest BCUT2D eigenvalue weighted by molar-refractivity contribution is 5.16. The Morgan fingerprint density at radius 1 is 0.446 bits per heavy atom. The predicted molar refractivity (Wildman–Crippen MR) is 275 cm³/mol. The highest BCUT2D eigenvalue weighted by Crippen LogP contribution is 2.71. The van der Waals surface area contributed by atoms with E-state index in [1.54, 1.807) is 0 Å². The van der Waals surface area contributed by atoms with Crippen molar-refractivity contribution in [1.82, 2.24) is 0 Å². The van der Waals surface area contributed by atoms with Crippen molar-refractivity contribution in [2.24, 2.45) is 52.3 Å². The van der Waals surface area contributed by atoms with Crippen molar-refractivity contribution in [3.8, 4) is 0 Å². The summed E-state index contributed by atoms with van der Waals surface area (Å²) in [4.78, 5) is 0. The number of aliphatic hydroxyl groups excluding tert-OH is 15. The van der Waals surface area contributed by atoms with Crippen LogP contribution in [0.2, 0.25) is 0 Å². The van der Waals surface area contributed by atoms with Crippen LogP contribution in [0, 0.1) is 52.3 Å². The molecule has 15 N–H and O–H groups in total. The molecule has 11 rings (SSSR count). The van der Waals surface area contributed by atoms with E-state index < -0.39 is 186 Å². The van der Waals surface area contributed by atoms with Crippen molar-refractivity contribution < 1.29 is 133 Å². The van der Waals surface area contributed by atoms with Gasteiger partial charge in [0.1, 0.15) is 116 Å². The number of rotatable bonds is 14. The van der Waals surface area contributed by atoms with E-state index in [2.05, 4.69) is 27.7 Å². The van der Waals surface area contributed by atoms with Gasteiger partial charge in [-0.3, -0.25) is 0 Å². The maximum absolute atomic E-state index is 12.0. The third kappa shape index (κ3) is 11.2. The molecule has 7 heterocycles. The summed E-state index contributed by atoms with van der Waals surface area (Å²) in [5, 5.41) is 164.